The third kappa shape index (κ3) is 5.15. The predicted molar refractivity (Wildman–Crippen MR) is 209 cm³/mol. The van der Waals surface area contributed by atoms with Crippen molar-refractivity contribution in [3.05, 3.63) is 219 Å². The highest BCUT2D eigenvalue weighted by molar-refractivity contribution is 6.33. The Hall–Kier alpha value is -6.85. The molecular weight excluding hydrogens is 623 g/mol. The van der Waals surface area contributed by atoms with Crippen molar-refractivity contribution in [1.82, 2.24) is 9.97 Å². The summed E-state index contributed by atoms with van der Waals surface area (Å²) in [5, 5.41) is 3.89. The van der Waals surface area contributed by atoms with E-state index in [9.17, 15) is 0 Å². The minimum atomic E-state index is 0.767. The van der Waals surface area contributed by atoms with Crippen molar-refractivity contribution < 1.29 is 0 Å². The molecule has 5 nitrogen and oxygen atoms in total. The van der Waals surface area contributed by atoms with Crippen LogP contribution in [0.4, 0.5) is 0 Å². The zero-order valence-corrected chi connectivity index (χ0v) is 27.6. The van der Waals surface area contributed by atoms with Crippen LogP contribution in [0.2, 0.25) is 0 Å². The summed E-state index contributed by atoms with van der Waals surface area (Å²) in [4.78, 5) is 23.1. The van der Waals surface area contributed by atoms with Gasteiger partial charge in [0, 0.05) is 33.8 Å². The van der Waals surface area contributed by atoms with E-state index in [0.29, 0.717) is 0 Å². The monoisotopic (exact) mass is 653 g/mol. The van der Waals surface area contributed by atoms with Crippen LogP contribution in [0.5, 0.6) is 0 Å². The number of aromatic amines is 2. The van der Waals surface area contributed by atoms with Gasteiger partial charge in [-0.2, -0.15) is 0 Å². The van der Waals surface area contributed by atoms with E-state index in [-0.39, 0.29) is 0 Å². The predicted octanol–water partition coefficient (Wildman–Crippen LogP) is 6.37. The summed E-state index contributed by atoms with van der Waals surface area (Å²) in [6, 6.07) is 40.0. The zero-order chi connectivity index (χ0) is 33.7. The molecule has 12 bridgehead atoms. The molecule has 0 radical (unpaired) electrons. The molecule has 4 aliphatic heterocycles. The van der Waals surface area contributed by atoms with Crippen LogP contribution in [-0.4, -0.2) is 27.1 Å². The molecule has 6 heterocycles. The highest BCUT2D eigenvalue weighted by Gasteiger charge is 2.23. The maximum absolute atomic E-state index is 5.25. The van der Waals surface area contributed by atoms with Crippen LogP contribution in [0.15, 0.2) is 196 Å². The number of aromatic nitrogens is 2. The third-order valence-corrected chi connectivity index (χ3v) is 9.86. The van der Waals surface area contributed by atoms with E-state index in [4.69, 9.17) is 15.0 Å². The van der Waals surface area contributed by atoms with Gasteiger partial charge >= 0.3 is 0 Å². The molecule has 51 heavy (non-hydrogen) atoms. The van der Waals surface area contributed by atoms with Crippen LogP contribution in [0, 0.1) is 0 Å². The topological polar surface area (TPSA) is 68.7 Å². The van der Waals surface area contributed by atoms with E-state index in [1.54, 1.807) is 0 Å². The van der Waals surface area contributed by atoms with Gasteiger partial charge in [-0.15, -0.1) is 0 Å². The molecular formula is C46H31N5. The van der Waals surface area contributed by atoms with Crippen LogP contribution in [0.3, 0.4) is 0 Å². The molecule has 1 aliphatic carbocycles. The number of hydrogen-bond donors (Lipinski definition) is 2. The number of aliphatic imine (C=N–C) groups is 3. The molecule has 2 N–H and O–H groups in total. The fourth-order valence-corrected chi connectivity index (χ4v) is 7.43. The van der Waals surface area contributed by atoms with Crippen molar-refractivity contribution in [2.45, 2.75) is 6.42 Å². The van der Waals surface area contributed by atoms with Crippen molar-refractivity contribution in [2.75, 3.05) is 0 Å². The summed E-state index contributed by atoms with van der Waals surface area (Å²) < 4.78 is 0. The fourth-order valence-electron chi connectivity index (χ4n) is 7.43. The zero-order valence-electron chi connectivity index (χ0n) is 27.6. The van der Waals surface area contributed by atoms with Crippen molar-refractivity contribution in [1.29, 1.82) is 0 Å². The summed E-state index contributed by atoms with van der Waals surface area (Å²) in [6.07, 6.45) is 17.9. The van der Waals surface area contributed by atoms with Gasteiger partial charge in [-0.25, -0.2) is 15.0 Å². The van der Waals surface area contributed by atoms with Gasteiger partial charge in [-0.1, -0.05) is 103 Å². The average Bonchev–Trinajstić information content (AvgIpc) is 4.02. The van der Waals surface area contributed by atoms with Crippen molar-refractivity contribution in [3.63, 3.8) is 0 Å². The maximum atomic E-state index is 5.25. The molecule has 5 heteroatoms. The van der Waals surface area contributed by atoms with Gasteiger partial charge < -0.3 is 9.97 Å². The lowest BCUT2D eigenvalue weighted by atomic mass is 9.94. The summed E-state index contributed by atoms with van der Waals surface area (Å²) in [6.45, 7) is 0. The maximum Gasteiger partial charge on any atom is 0.0872 e. The third-order valence-electron chi connectivity index (χ3n) is 9.86. The second kappa shape index (κ2) is 11.9. The van der Waals surface area contributed by atoms with Gasteiger partial charge in [-0.3, -0.25) is 0 Å². The Morgan fingerprint density at radius 1 is 0.333 bits per heavy atom. The molecule has 5 aliphatic rings. The van der Waals surface area contributed by atoms with Gasteiger partial charge in [0.15, 0.2) is 0 Å². The standard InChI is InChI=1S/C46H31N5/c1-4-10-29(11-5-1)44-33-17-16-32(28-33)34-18-23-40(47-34)45(30-12-6-2-7-13-30)41-25-21-37(50-41)38-22-27-43(51-38)46(31-14-8-3-9-15-31)42-26-20-36(49-42)35-19-24-39(44)48-35/h1-27,49-50H,28H2. The number of nitrogens with zero attached hydrogens (tertiary/aromatic N) is 3. The van der Waals surface area contributed by atoms with Gasteiger partial charge in [0.25, 0.3) is 0 Å². The van der Waals surface area contributed by atoms with Gasteiger partial charge in [0.1, 0.15) is 0 Å². The molecule has 0 unspecified atom stereocenters. The Balaban J connectivity index is 1.27. The van der Waals surface area contributed by atoms with Crippen LogP contribution in [0.25, 0.3) is 28.1 Å². The van der Waals surface area contributed by atoms with Crippen molar-refractivity contribution in [3.8, 4) is 0 Å². The Kier molecular flexibility index (Phi) is 6.81. The number of fused-ring (bicyclic) bond motifs is 9. The number of H-pyrrole nitrogens is 2. The van der Waals surface area contributed by atoms with Crippen LogP contribution < -0.4 is 21.4 Å². The summed E-state index contributed by atoms with van der Waals surface area (Å²) >= 11 is 0. The lowest BCUT2D eigenvalue weighted by molar-refractivity contribution is 1.21. The van der Waals surface area contributed by atoms with Crippen molar-refractivity contribution >= 4 is 45.2 Å². The van der Waals surface area contributed by atoms with Crippen LogP contribution in [0.1, 0.15) is 23.1 Å². The Morgan fingerprint density at radius 3 is 1.24 bits per heavy atom. The first-order valence-electron chi connectivity index (χ1n) is 17.2. The van der Waals surface area contributed by atoms with Gasteiger partial charge in [0.2, 0.25) is 0 Å². The van der Waals surface area contributed by atoms with Crippen LogP contribution in [-0.2, 0) is 0 Å². The number of hydrogen-bond acceptors (Lipinski definition) is 3. The molecule has 2 aromatic heterocycles. The molecule has 0 atom stereocenters. The first-order valence-corrected chi connectivity index (χ1v) is 17.2. The minimum Gasteiger partial charge on any atom is -0.353 e. The highest BCUT2D eigenvalue weighted by Crippen LogP contribution is 2.36. The second-order valence-corrected chi connectivity index (χ2v) is 13.0. The lowest BCUT2D eigenvalue weighted by Crippen LogP contribution is -2.19. The summed E-state index contributed by atoms with van der Waals surface area (Å²) in [5.41, 5.74) is 14.5. The number of rotatable bonds is 3. The number of allylic oxidation sites excluding steroid dienone is 9. The number of nitrogens with one attached hydrogen (secondary N) is 2. The summed E-state index contributed by atoms with van der Waals surface area (Å²) in [5.74, 6) is 0. The van der Waals surface area contributed by atoms with E-state index >= 15 is 0 Å². The normalized spacial score (nSPS) is 17.5. The summed E-state index contributed by atoms with van der Waals surface area (Å²) in [7, 11) is 0. The molecule has 3 aromatic carbocycles. The SMILES string of the molecule is C1=CC2=c3ccc([nH]3)=C(c3ccccc3)C3=NC(=c4ccc([nH]4)=C(c4ccccc4)C4=NC(=C5C=CC(=C(c6ccccc6)C1=N2)C5)C=C4)C=C3. The molecule has 0 saturated carbocycles. The molecule has 0 saturated heterocycles. The van der Waals surface area contributed by atoms with E-state index in [1.165, 1.54) is 11.1 Å². The average molecular weight is 654 g/mol. The van der Waals surface area contributed by atoms with E-state index < -0.39 is 0 Å². The quantitative estimate of drug-likeness (QED) is 0.227. The Labute approximate surface area is 294 Å². The molecule has 5 aromatic rings. The Morgan fingerprint density at radius 2 is 0.725 bits per heavy atom. The smallest absolute Gasteiger partial charge is 0.0872 e. The lowest BCUT2D eigenvalue weighted by Gasteiger charge is -2.11. The van der Waals surface area contributed by atoms with Gasteiger partial charge in [0.05, 0.1) is 44.9 Å². The molecule has 240 valence electrons. The first-order chi connectivity index (χ1) is 25.2. The molecule has 0 amide bonds. The van der Waals surface area contributed by atoms with E-state index in [1.807, 2.05) is 12.1 Å². The molecule has 10 rings (SSSR count). The first kappa shape index (κ1) is 29.1. The Bertz CT molecular complexity index is 2820. The van der Waals surface area contributed by atoms with Crippen LogP contribution >= 0.6 is 0 Å². The second-order valence-electron chi connectivity index (χ2n) is 13.0. The number of benzene rings is 3. The fraction of sp³-hybridized carbons (Fsp3) is 0.0217. The van der Waals surface area contributed by atoms with Crippen molar-refractivity contribution in [2.24, 2.45) is 15.0 Å². The minimum absolute atomic E-state index is 0.767. The van der Waals surface area contributed by atoms with E-state index in [0.717, 1.165) is 95.5 Å². The molecule has 0 fully saturated rings. The molecule has 0 spiro atoms. The highest BCUT2D eigenvalue weighted by atomic mass is 14.8. The largest absolute Gasteiger partial charge is 0.353 e. The van der Waals surface area contributed by atoms with Gasteiger partial charge in [-0.05, 0) is 88.6 Å². The van der Waals surface area contributed by atoms with E-state index in [2.05, 4.69) is 162 Å².